The van der Waals surface area contributed by atoms with Crippen LogP contribution in [-0.4, -0.2) is 31.7 Å². The Hall–Kier alpha value is -0.720. The fourth-order valence-electron chi connectivity index (χ4n) is 1.84. The molecule has 1 N–H and O–H groups in total. The van der Waals surface area contributed by atoms with Crippen molar-refractivity contribution in [3.8, 4) is 0 Å². The summed E-state index contributed by atoms with van der Waals surface area (Å²) in [5, 5.41) is 3.35. The van der Waals surface area contributed by atoms with Crippen molar-refractivity contribution < 1.29 is 17.9 Å². The normalized spacial score (nSPS) is 13.4. The van der Waals surface area contributed by atoms with E-state index in [2.05, 4.69) is 36.0 Å². The van der Waals surface area contributed by atoms with Crippen LogP contribution >= 0.6 is 11.8 Å². The lowest BCUT2D eigenvalue weighted by Crippen LogP contribution is -2.17. The molecular formula is C15H22F3NOS. The first-order valence-electron chi connectivity index (χ1n) is 7.03. The van der Waals surface area contributed by atoms with E-state index in [0.717, 1.165) is 17.2 Å². The van der Waals surface area contributed by atoms with Crippen LogP contribution < -0.4 is 5.32 Å². The van der Waals surface area contributed by atoms with Gasteiger partial charge in [-0.25, -0.2) is 0 Å². The molecule has 0 aliphatic rings. The fraction of sp³-hybridized carbons (Fsp3) is 0.600. The first kappa shape index (κ1) is 18.3. The van der Waals surface area contributed by atoms with Crippen molar-refractivity contribution in [2.45, 2.75) is 37.4 Å². The van der Waals surface area contributed by atoms with Gasteiger partial charge < -0.3 is 10.1 Å². The SMILES string of the molecule is CCNC(C)c1cccc(SCCCOCC(F)(F)F)c1. The second-order valence-electron chi connectivity index (χ2n) is 4.72. The summed E-state index contributed by atoms with van der Waals surface area (Å²) in [5.41, 5.74) is 1.22. The fourth-order valence-corrected chi connectivity index (χ4v) is 2.73. The zero-order valence-electron chi connectivity index (χ0n) is 12.4. The monoisotopic (exact) mass is 321 g/mol. The lowest BCUT2D eigenvalue weighted by atomic mass is 10.1. The summed E-state index contributed by atoms with van der Waals surface area (Å²) in [6, 6.07) is 8.51. The minimum Gasteiger partial charge on any atom is -0.372 e. The minimum absolute atomic E-state index is 0.139. The maximum absolute atomic E-state index is 11.9. The Labute approximate surface area is 128 Å². The van der Waals surface area contributed by atoms with Crippen molar-refractivity contribution in [1.82, 2.24) is 5.32 Å². The van der Waals surface area contributed by atoms with E-state index in [1.54, 1.807) is 11.8 Å². The zero-order valence-corrected chi connectivity index (χ0v) is 13.2. The molecule has 1 aromatic rings. The molecule has 1 aromatic carbocycles. The lowest BCUT2D eigenvalue weighted by molar-refractivity contribution is -0.173. The number of thioether (sulfide) groups is 1. The van der Waals surface area contributed by atoms with Crippen molar-refractivity contribution in [1.29, 1.82) is 0 Å². The van der Waals surface area contributed by atoms with Gasteiger partial charge in [-0.15, -0.1) is 11.8 Å². The van der Waals surface area contributed by atoms with Gasteiger partial charge in [0.25, 0.3) is 0 Å². The van der Waals surface area contributed by atoms with E-state index in [1.165, 1.54) is 5.56 Å². The van der Waals surface area contributed by atoms with Gasteiger partial charge in [0, 0.05) is 23.3 Å². The Balaban J connectivity index is 2.28. The standard InChI is InChI=1S/C15H22F3NOS/c1-3-19-12(2)13-6-4-7-14(10-13)21-9-5-8-20-11-15(16,17)18/h4,6-7,10,12,19H,3,5,8-9,11H2,1-2H3. The molecule has 0 bridgehead atoms. The Morgan fingerprint density at radius 3 is 2.76 bits per heavy atom. The highest BCUT2D eigenvalue weighted by atomic mass is 32.2. The molecule has 0 saturated heterocycles. The molecule has 0 aliphatic heterocycles. The van der Waals surface area contributed by atoms with Crippen LogP contribution in [0.3, 0.4) is 0 Å². The van der Waals surface area contributed by atoms with Crippen LogP contribution in [0.25, 0.3) is 0 Å². The third kappa shape index (κ3) is 8.34. The average Bonchev–Trinajstić information content (AvgIpc) is 2.42. The Morgan fingerprint density at radius 1 is 1.33 bits per heavy atom. The van der Waals surface area contributed by atoms with E-state index in [0.29, 0.717) is 12.5 Å². The van der Waals surface area contributed by atoms with E-state index < -0.39 is 12.8 Å². The van der Waals surface area contributed by atoms with Crippen LogP contribution in [-0.2, 0) is 4.74 Å². The van der Waals surface area contributed by atoms with Gasteiger partial charge in [-0.1, -0.05) is 19.1 Å². The first-order chi connectivity index (χ1) is 9.92. The number of nitrogens with one attached hydrogen (secondary N) is 1. The quantitative estimate of drug-likeness (QED) is 0.537. The average molecular weight is 321 g/mol. The molecular weight excluding hydrogens is 299 g/mol. The summed E-state index contributed by atoms with van der Waals surface area (Å²) in [6.45, 7) is 4.07. The number of rotatable bonds is 9. The predicted molar refractivity (Wildman–Crippen MR) is 80.7 cm³/mol. The largest absolute Gasteiger partial charge is 0.411 e. The Morgan fingerprint density at radius 2 is 2.10 bits per heavy atom. The molecule has 0 heterocycles. The molecule has 0 fully saturated rings. The van der Waals surface area contributed by atoms with Crippen molar-refractivity contribution in [3.05, 3.63) is 29.8 Å². The third-order valence-corrected chi connectivity index (χ3v) is 3.92. The molecule has 0 radical (unpaired) electrons. The van der Waals surface area contributed by atoms with Gasteiger partial charge in [0.15, 0.2) is 0 Å². The second-order valence-corrected chi connectivity index (χ2v) is 5.89. The molecule has 1 atom stereocenters. The zero-order chi connectivity index (χ0) is 15.7. The number of alkyl halides is 3. The minimum atomic E-state index is -4.23. The topological polar surface area (TPSA) is 21.3 Å². The highest BCUT2D eigenvalue weighted by Crippen LogP contribution is 2.23. The summed E-state index contributed by atoms with van der Waals surface area (Å²) in [7, 11) is 0. The van der Waals surface area contributed by atoms with E-state index in [1.807, 2.05) is 12.1 Å². The Kier molecular flexibility index (Phi) is 8.14. The van der Waals surface area contributed by atoms with Gasteiger partial charge >= 0.3 is 6.18 Å². The number of halogens is 3. The van der Waals surface area contributed by atoms with Gasteiger partial charge in [-0.2, -0.15) is 13.2 Å². The van der Waals surface area contributed by atoms with E-state index in [9.17, 15) is 13.2 Å². The van der Waals surface area contributed by atoms with E-state index in [-0.39, 0.29) is 6.61 Å². The van der Waals surface area contributed by atoms with Gasteiger partial charge in [0.05, 0.1) is 0 Å². The van der Waals surface area contributed by atoms with Crippen LogP contribution in [0.2, 0.25) is 0 Å². The van der Waals surface area contributed by atoms with Crippen molar-refractivity contribution >= 4 is 11.8 Å². The molecule has 1 rings (SSSR count). The van der Waals surface area contributed by atoms with Gasteiger partial charge in [-0.3, -0.25) is 0 Å². The van der Waals surface area contributed by atoms with Gasteiger partial charge in [0.1, 0.15) is 6.61 Å². The summed E-state index contributed by atoms with van der Waals surface area (Å²) in [4.78, 5) is 1.13. The number of hydrogen-bond donors (Lipinski definition) is 1. The third-order valence-electron chi connectivity index (χ3n) is 2.84. The molecule has 0 saturated carbocycles. The molecule has 6 heteroatoms. The maximum Gasteiger partial charge on any atom is 0.411 e. The summed E-state index contributed by atoms with van der Waals surface area (Å²) in [5.74, 6) is 0.747. The number of benzene rings is 1. The molecule has 1 unspecified atom stereocenters. The van der Waals surface area contributed by atoms with Crippen LogP contribution in [0, 0.1) is 0 Å². The predicted octanol–water partition coefficient (Wildman–Crippen LogP) is 4.42. The highest BCUT2D eigenvalue weighted by Gasteiger charge is 2.27. The molecule has 0 aromatic heterocycles. The van der Waals surface area contributed by atoms with E-state index in [4.69, 9.17) is 0 Å². The van der Waals surface area contributed by atoms with Crippen LogP contribution in [0.5, 0.6) is 0 Å². The summed E-state index contributed by atoms with van der Waals surface area (Å²) in [6.07, 6.45) is -3.63. The first-order valence-corrected chi connectivity index (χ1v) is 8.01. The smallest absolute Gasteiger partial charge is 0.372 e. The van der Waals surface area contributed by atoms with Crippen molar-refractivity contribution in [2.75, 3.05) is 25.5 Å². The van der Waals surface area contributed by atoms with Crippen LogP contribution in [0.15, 0.2) is 29.2 Å². The molecule has 0 spiro atoms. The molecule has 0 aliphatic carbocycles. The van der Waals surface area contributed by atoms with Gasteiger partial charge in [0.2, 0.25) is 0 Å². The molecule has 120 valence electrons. The molecule has 21 heavy (non-hydrogen) atoms. The molecule has 2 nitrogen and oxygen atoms in total. The number of hydrogen-bond acceptors (Lipinski definition) is 3. The lowest BCUT2D eigenvalue weighted by Gasteiger charge is -2.13. The van der Waals surface area contributed by atoms with Crippen LogP contribution in [0.4, 0.5) is 13.2 Å². The van der Waals surface area contributed by atoms with Crippen molar-refractivity contribution in [3.63, 3.8) is 0 Å². The maximum atomic E-state index is 11.9. The van der Waals surface area contributed by atoms with E-state index >= 15 is 0 Å². The second kappa shape index (κ2) is 9.33. The summed E-state index contributed by atoms with van der Waals surface area (Å²) < 4.78 is 40.2. The molecule has 0 amide bonds. The van der Waals surface area contributed by atoms with Crippen molar-refractivity contribution in [2.24, 2.45) is 0 Å². The Bertz CT molecular complexity index is 412. The van der Waals surface area contributed by atoms with Gasteiger partial charge in [-0.05, 0) is 37.6 Å². The van der Waals surface area contributed by atoms with Crippen LogP contribution in [0.1, 0.15) is 31.9 Å². The summed E-state index contributed by atoms with van der Waals surface area (Å²) >= 11 is 1.64. The highest BCUT2D eigenvalue weighted by molar-refractivity contribution is 7.99. The number of ether oxygens (including phenoxy) is 1.